The molecule has 1 aliphatic carbocycles. The van der Waals surface area contributed by atoms with E-state index in [1.54, 1.807) is 17.1 Å². The average molecular weight is 250 g/mol. The smallest absolute Gasteiger partial charge is 0.241 e. The van der Waals surface area contributed by atoms with Crippen molar-refractivity contribution >= 4 is 11.6 Å². The van der Waals surface area contributed by atoms with Gasteiger partial charge in [-0.2, -0.15) is 5.10 Å². The fourth-order valence-electron chi connectivity index (χ4n) is 2.68. The van der Waals surface area contributed by atoms with Crippen LogP contribution in [0.15, 0.2) is 12.4 Å². The van der Waals surface area contributed by atoms with Crippen LogP contribution in [0.1, 0.15) is 39.0 Å². The molecule has 0 radical (unpaired) electrons. The van der Waals surface area contributed by atoms with Crippen LogP contribution in [0.25, 0.3) is 0 Å². The van der Waals surface area contributed by atoms with Crippen molar-refractivity contribution in [2.45, 2.75) is 51.6 Å². The monoisotopic (exact) mass is 250 g/mol. The number of hydrogen-bond acceptors (Lipinski definition) is 3. The summed E-state index contributed by atoms with van der Waals surface area (Å²) in [6.45, 7) is 2.48. The molecule has 5 nitrogen and oxygen atoms in total. The van der Waals surface area contributed by atoms with Gasteiger partial charge >= 0.3 is 0 Å². The summed E-state index contributed by atoms with van der Waals surface area (Å²) < 4.78 is 1.57. The van der Waals surface area contributed by atoms with E-state index in [-0.39, 0.29) is 12.5 Å². The molecule has 0 bridgehead atoms. The van der Waals surface area contributed by atoms with E-state index < -0.39 is 0 Å². The number of nitrogens with two attached hydrogens (primary N) is 1. The van der Waals surface area contributed by atoms with Crippen LogP contribution in [-0.4, -0.2) is 21.7 Å². The lowest BCUT2D eigenvalue weighted by atomic mass is 9.84. The van der Waals surface area contributed by atoms with Crippen LogP contribution in [0, 0.1) is 5.92 Å². The predicted octanol–water partition coefficient (Wildman–Crippen LogP) is 1.55. The Bertz CT molecular complexity index is 401. The molecular formula is C13H22N4O. The molecule has 0 aliphatic heterocycles. The topological polar surface area (TPSA) is 72.9 Å². The molecule has 18 heavy (non-hydrogen) atoms. The van der Waals surface area contributed by atoms with Crippen molar-refractivity contribution in [3.63, 3.8) is 0 Å². The maximum atomic E-state index is 11.9. The molecule has 0 spiro atoms. The van der Waals surface area contributed by atoms with E-state index in [1.165, 1.54) is 19.3 Å². The van der Waals surface area contributed by atoms with E-state index in [2.05, 4.69) is 17.3 Å². The Hall–Kier alpha value is -1.52. The highest BCUT2D eigenvalue weighted by Gasteiger charge is 2.22. The first-order valence-electron chi connectivity index (χ1n) is 6.74. The van der Waals surface area contributed by atoms with Crippen LogP contribution in [0.5, 0.6) is 0 Å². The summed E-state index contributed by atoms with van der Waals surface area (Å²) in [5, 5.41) is 7.11. The lowest BCUT2D eigenvalue weighted by Crippen LogP contribution is -2.40. The third-order valence-corrected chi connectivity index (χ3v) is 3.68. The van der Waals surface area contributed by atoms with E-state index in [9.17, 15) is 4.79 Å². The molecule has 1 fully saturated rings. The number of anilines is 1. The predicted molar refractivity (Wildman–Crippen MR) is 70.8 cm³/mol. The van der Waals surface area contributed by atoms with Gasteiger partial charge in [-0.05, 0) is 18.8 Å². The van der Waals surface area contributed by atoms with Gasteiger partial charge in [0.2, 0.25) is 5.91 Å². The molecule has 5 heteroatoms. The van der Waals surface area contributed by atoms with Gasteiger partial charge in [-0.15, -0.1) is 0 Å². The highest BCUT2D eigenvalue weighted by Crippen LogP contribution is 2.26. The van der Waals surface area contributed by atoms with Gasteiger partial charge in [-0.3, -0.25) is 9.48 Å². The standard InChI is InChI=1S/C13H22N4O/c1-2-10-4-3-5-12(6-10)16-13(18)9-17-8-11(14)7-15-17/h7-8,10,12H,2-6,9,14H2,1H3,(H,16,18). The molecule has 1 amide bonds. The van der Waals surface area contributed by atoms with Gasteiger partial charge in [-0.1, -0.05) is 26.2 Å². The van der Waals surface area contributed by atoms with Crippen molar-refractivity contribution < 1.29 is 4.79 Å². The van der Waals surface area contributed by atoms with Gasteiger partial charge < -0.3 is 11.1 Å². The molecule has 2 rings (SSSR count). The number of carbonyl (C=O) groups excluding carboxylic acids is 1. The first-order chi connectivity index (χ1) is 8.67. The van der Waals surface area contributed by atoms with Crippen LogP contribution >= 0.6 is 0 Å². The van der Waals surface area contributed by atoms with Crippen LogP contribution in [-0.2, 0) is 11.3 Å². The Kier molecular flexibility index (Phi) is 4.23. The number of nitrogens with one attached hydrogen (secondary N) is 1. The van der Waals surface area contributed by atoms with Crippen LogP contribution in [0.3, 0.4) is 0 Å². The van der Waals surface area contributed by atoms with Gasteiger partial charge in [0.05, 0.1) is 11.9 Å². The number of nitrogen functional groups attached to an aromatic ring is 1. The molecular weight excluding hydrogens is 228 g/mol. The van der Waals surface area contributed by atoms with Gasteiger partial charge in [0.1, 0.15) is 6.54 Å². The average Bonchev–Trinajstić information content (AvgIpc) is 2.74. The minimum atomic E-state index is 0.0276. The molecule has 1 aliphatic rings. The third-order valence-electron chi connectivity index (χ3n) is 3.68. The molecule has 0 saturated heterocycles. The highest BCUT2D eigenvalue weighted by atomic mass is 16.2. The van der Waals surface area contributed by atoms with Gasteiger partial charge in [0.15, 0.2) is 0 Å². The fraction of sp³-hybridized carbons (Fsp3) is 0.692. The summed E-state index contributed by atoms with van der Waals surface area (Å²) in [4.78, 5) is 11.9. The molecule has 1 heterocycles. The van der Waals surface area contributed by atoms with Crippen molar-refractivity contribution in [1.82, 2.24) is 15.1 Å². The Labute approximate surface area is 108 Å². The number of carbonyl (C=O) groups is 1. The zero-order chi connectivity index (χ0) is 13.0. The number of hydrogen-bond donors (Lipinski definition) is 2. The second kappa shape index (κ2) is 5.89. The normalized spacial score (nSPS) is 23.8. The van der Waals surface area contributed by atoms with Gasteiger partial charge in [-0.25, -0.2) is 0 Å². The quantitative estimate of drug-likeness (QED) is 0.851. The van der Waals surface area contributed by atoms with Crippen molar-refractivity contribution in [2.24, 2.45) is 5.92 Å². The molecule has 0 aromatic carbocycles. The summed E-state index contributed by atoms with van der Waals surface area (Å²) in [5.74, 6) is 0.796. The summed E-state index contributed by atoms with van der Waals surface area (Å²) in [7, 11) is 0. The first-order valence-corrected chi connectivity index (χ1v) is 6.74. The van der Waals surface area contributed by atoms with E-state index >= 15 is 0 Å². The van der Waals surface area contributed by atoms with Gasteiger partial charge in [0, 0.05) is 12.2 Å². The maximum Gasteiger partial charge on any atom is 0.241 e. The Balaban J connectivity index is 1.80. The minimum absolute atomic E-state index is 0.0276. The lowest BCUT2D eigenvalue weighted by molar-refractivity contribution is -0.122. The Morgan fingerprint density at radius 2 is 2.44 bits per heavy atom. The molecule has 2 atom stereocenters. The number of amides is 1. The maximum absolute atomic E-state index is 11.9. The Morgan fingerprint density at radius 1 is 1.61 bits per heavy atom. The van der Waals surface area contributed by atoms with Crippen molar-refractivity contribution in [1.29, 1.82) is 0 Å². The summed E-state index contributed by atoms with van der Waals surface area (Å²) in [6, 6.07) is 0.337. The highest BCUT2D eigenvalue weighted by molar-refractivity contribution is 5.76. The van der Waals surface area contributed by atoms with Crippen LogP contribution in [0.2, 0.25) is 0 Å². The zero-order valence-electron chi connectivity index (χ0n) is 10.9. The van der Waals surface area contributed by atoms with Crippen LogP contribution in [0.4, 0.5) is 5.69 Å². The van der Waals surface area contributed by atoms with Crippen LogP contribution < -0.4 is 11.1 Å². The van der Waals surface area contributed by atoms with E-state index in [1.807, 2.05) is 0 Å². The fourth-order valence-corrected chi connectivity index (χ4v) is 2.68. The first kappa shape index (κ1) is 12.9. The van der Waals surface area contributed by atoms with E-state index in [0.29, 0.717) is 11.7 Å². The van der Waals surface area contributed by atoms with E-state index in [4.69, 9.17) is 5.73 Å². The number of rotatable bonds is 4. The van der Waals surface area contributed by atoms with Crippen molar-refractivity contribution in [3.05, 3.63) is 12.4 Å². The van der Waals surface area contributed by atoms with Gasteiger partial charge in [0.25, 0.3) is 0 Å². The van der Waals surface area contributed by atoms with Crippen molar-refractivity contribution in [2.75, 3.05) is 5.73 Å². The second-order valence-electron chi connectivity index (χ2n) is 5.18. The molecule has 1 aromatic rings. The number of nitrogens with zero attached hydrogens (tertiary/aromatic N) is 2. The minimum Gasteiger partial charge on any atom is -0.396 e. The second-order valence-corrected chi connectivity index (χ2v) is 5.18. The molecule has 100 valence electrons. The molecule has 3 N–H and O–H groups in total. The summed E-state index contributed by atoms with van der Waals surface area (Å²) in [5.41, 5.74) is 6.15. The lowest BCUT2D eigenvalue weighted by Gasteiger charge is -2.29. The van der Waals surface area contributed by atoms with E-state index in [0.717, 1.165) is 18.8 Å². The van der Waals surface area contributed by atoms with Crippen molar-refractivity contribution in [3.8, 4) is 0 Å². The Morgan fingerprint density at radius 3 is 3.11 bits per heavy atom. The largest absolute Gasteiger partial charge is 0.396 e. The zero-order valence-corrected chi connectivity index (χ0v) is 10.9. The SMILES string of the molecule is CCC1CCCC(NC(=O)Cn2cc(N)cn2)C1. The number of aromatic nitrogens is 2. The molecule has 1 saturated carbocycles. The summed E-state index contributed by atoms with van der Waals surface area (Å²) >= 11 is 0. The third kappa shape index (κ3) is 3.48. The molecule has 1 aromatic heterocycles. The molecule has 2 unspecified atom stereocenters. The summed E-state index contributed by atoms with van der Waals surface area (Å²) in [6.07, 6.45) is 9.18.